The normalized spacial score (nSPS) is 10.7. The van der Waals surface area contributed by atoms with Gasteiger partial charge in [-0.3, -0.25) is 4.98 Å². The molecule has 1 N–H and O–H groups in total. The Morgan fingerprint density at radius 2 is 2.29 bits per heavy atom. The molecular weight excluding hydrogens is 236 g/mol. The first-order valence-electron chi connectivity index (χ1n) is 5.35. The van der Waals surface area contributed by atoms with Gasteiger partial charge in [0.25, 0.3) is 0 Å². The molecule has 90 valence electrons. The molecule has 0 saturated carbocycles. The monoisotopic (exact) mass is 250 g/mol. The summed E-state index contributed by atoms with van der Waals surface area (Å²) in [5.74, 6) is 0.802. The van der Waals surface area contributed by atoms with Crippen molar-refractivity contribution in [1.82, 2.24) is 19.7 Å². The van der Waals surface area contributed by atoms with Crippen molar-refractivity contribution >= 4 is 11.8 Å². The molecule has 0 fully saturated rings. The zero-order valence-corrected chi connectivity index (χ0v) is 10.4. The van der Waals surface area contributed by atoms with Gasteiger partial charge in [-0.25, -0.2) is 0 Å². The Morgan fingerprint density at radius 3 is 2.94 bits per heavy atom. The van der Waals surface area contributed by atoms with Crippen LogP contribution in [0.25, 0.3) is 11.4 Å². The second kappa shape index (κ2) is 5.79. The van der Waals surface area contributed by atoms with Crippen LogP contribution in [-0.2, 0) is 6.54 Å². The van der Waals surface area contributed by atoms with Gasteiger partial charge in [-0.2, -0.15) is 0 Å². The lowest BCUT2D eigenvalue weighted by Crippen LogP contribution is -2.04. The van der Waals surface area contributed by atoms with Crippen LogP contribution in [0.3, 0.4) is 0 Å². The minimum Gasteiger partial charge on any atom is -0.396 e. The highest BCUT2D eigenvalue weighted by Gasteiger charge is 2.12. The van der Waals surface area contributed by atoms with E-state index in [0.717, 1.165) is 16.5 Å². The van der Waals surface area contributed by atoms with E-state index in [1.807, 2.05) is 23.0 Å². The van der Waals surface area contributed by atoms with Crippen LogP contribution in [0.2, 0.25) is 0 Å². The van der Waals surface area contributed by atoms with Crippen LogP contribution < -0.4 is 0 Å². The topological polar surface area (TPSA) is 63.8 Å². The molecule has 0 aliphatic carbocycles. The molecule has 0 aliphatic heterocycles. The summed E-state index contributed by atoms with van der Waals surface area (Å²) >= 11 is 1.55. The summed E-state index contributed by atoms with van der Waals surface area (Å²) in [6.45, 7) is 0.877. The van der Waals surface area contributed by atoms with Crippen molar-refractivity contribution in [2.45, 2.75) is 18.1 Å². The van der Waals surface area contributed by atoms with Gasteiger partial charge in [-0.1, -0.05) is 11.8 Å². The molecule has 2 aromatic rings. The maximum absolute atomic E-state index is 8.92. The number of hydrogen-bond donors (Lipinski definition) is 1. The third-order valence-corrected chi connectivity index (χ3v) is 3.03. The molecule has 0 aliphatic rings. The summed E-state index contributed by atoms with van der Waals surface area (Å²) in [7, 11) is 0. The van der Waals surface area contributed by atoms with E-state index in [0.29, 0.717) is 13.0 Å². The van der Waals surface area contributed by atoms with Gasteiger partial charge >= 0.3 is 0 Å². The average molecular weight is 250 g/mol. The third kappa shape index (κ3) is 2.65. The molecule has 0 saturated heterocycles. The van der Waals surface area contributed by atoms with E-state index < -0.39 is 0 Å². The van der Waals surface area contributed by atoms with Crippen molar-refractivity contribution in [3.05, 3.63) is 24.5 Å². The van der Waals surface area contributed by atoms with Crippen molar-refractivity contribution in [2.24, 2.45) is 0 Å². The second-order valence-electron chi connectivity index (χ2n) is 3.48. The van der Waals surface area contributed by atoms with E-state index in [-0.39, 0.29) is 6.61 Å². The van der Waals surface area contributed by atoms with E-state index in [2.05, 4.69) is 15.2 Å². The fourth-order valence-electron chi connectivity index (χ4n) is 1.58. The summed E-state index contributed by atoms with van der Waals surface area (Å²) in [4.78, 5) is 4.08. The van der Waals surface area contributed by atoms with E-state index >= 15 is 0 Å². The van der Waals surface area contributed by atoms with Gasteiger partial charge in [0.05, 0.1) is 0 Å². The van der Waals surface area contributed by atoms with Crippen molar-refractivity contribution in [3.8, 4) is 11.4 Å². The quantitative estimate of drug-likeness (QED) is 0.814. The van der Waals surface area contributed by atoms with Crippen LogP contribution in [-0.4, -0.2) is 37.7 Å². The highest BCUT2D eigenvalue weighted by molar-refractivity contribution is 7.98. The number of aliphatic hydroxyl groups excluding tert-OH is 1. The first-order valence-corrected chi connectivity index (χ1v) is 6.57. The van der Waals surface area contributed by atoms with Gasteiger partial charge in [0.1, 0.15) is 0 Å². The molecule has 17 heavy (non-hydrogen) atoms. The van der Waals surface area contributed by atoms with Gasteiger partial charge in [-0.05, 0) is 24.8 Å². The Hall–Kier alpha value is -1.40. The van der Waals surface area contributed by atoms with E-state index in [9.17, 15) is 0 Å². The largest absolute Gasteiger partial charge is 0.396 e. The summed E-state index contributed by atoms with van der Waals surface area (Å²) in [5, 5.41) is 18.1. The summed E-state index contributed by atoms with van der Waals surface area (Å²) < 4.78 is 2.01. The molecule has 0 atom stereocenters. The highest BCUT2D eigenvalue weighted by Crippen LogP contribution is 2.21. The van der Waals surface area contributed by atoms with Gasteiger partial charge in [0.15, 0.2) is 11.0 Å². The molecular formula is C11H14N4OS. The van der Waals surface area contributed by atoms with Gasteiger partial charge in [0, 0.05) is 31.1 Å². The number of thioether (sulfide) groups is 1. The minimum absolute atomic E-state index is 0.165. The summed E-state index contributed by atoms with van der Waals surface area (Å²) in [5.41, 5.74) is 0.943. The van der Waals surface area contributed by atoms with Crippen molar-refractivity contribution in [2.75, 3.05) is 12.9 Å². The second-order valence-corrected chi connectivity index (χ2v) is 4.25. The smallest absolute Gasteiger partial charge is 0.191 e. The lowest BCUT2D eigenvalue weighted by molar-refractivity contribution is 0.278. The summed E-state index contributed by atoms with van der Waals surface area (Å²) in [6, 6.07) is 3.83. The number of rotatable bonds is 5. The first kappa shape index (κ1) is 12.1. The Bertz CT molecular complexity index is 472. The lowest BCUT2D eigenvalue weighted by atomic mass is 10.2. The molecule has 2 aromatic heterocycles. The average Bonchev–Trinajstić information content (AvgIpc) is 2.80. The van der Waals surface area contributed by atoms with Crippen LogP contribution in [0.15, 0.2) is 29.7 Å². The van der Waals surface area contributed by atoms with Gasteiger partial charge in [0.2, 0.25) is 0 Å². The molecule has 6 heteroatoms. The maximum atomic E-state index is 8.92. The van der Waals surface area contributed by atoms with Crippen molar-refractivity contribution in [1.29, 1.82) is 0 Å². The molecule has 0 spiro atoms. The minimum atomic E-state index is 0.165. The van der Waals surface area contributed by atoms with Crippen molar-refractivity contribution < 1.29 is 5.11 Å². The zero-order valence-electron chi connectivity index (χ0n) is 9.58. The van der Waals surface area contributed by atoms with Gasteiger partial charge in [-0.15, -0.1) is 10.2 Å². The zero-order chi connectivity index (χ0) is 12.1. The highest BCUT2D eigenvalue weighted by atomic mass is 32.2. The first-order chi connectivity index (χ1) is 8.36. The van der Waals surface area contributed by atoms with E-state index in [4.69, 9.17) is 5.11 Å². The molecule has 0 amide bonds. The fraction of sp³-hybridized carbons (Fsp3) is 0.364. The van der Waals surface area contributed by atoms with Crippen LogP contribution in [0.4, 0.5) is 0 Å². The van der Waals surface area contributed by atoms with Gasteiger partial charge < -0.3 is 9.67 Å². The molecule has 2 heterocycles. The van der Waals surface area contributed by atoms with Crippen LogP contribution in [0, 0.1) is 0 Å². The SMILES string of the molecule is CSc1nnc(-c2cccnc2)n1CCCO. The van der Waals surface area contributed by atoms with Crippen LogP contribution in [0.5, 0.6) is 0 Å². The summed E-state index contributed by atoms with van der Waals surface area (Å²) in [6.07, 6.45) is 6.16. The number of aromatic nitrogens is 4. The molecule has 2 rings (SSSR count). The fourth-order valence-corrected chi connectivity index (χ4v) is 2.10. The lowest BCUT2D eigenvalue weighted by Gasteiger charge is -2.07. The molecule has 0 bridgehead atoms. The Kier molecular flexibility index (Phi) is 4.11. The maximum Gasteiger partial charge on any atom is 0.191 e. The van der Waals surface area contributed by atoms with Crippen LogP contribution >= 0.6 is 11.8 Å². The van der Waals surface area contributed by atoms with Crippen LogP contribution in [0.1, 0.15) is 6.42 Å². The Labute approximate surface area is 104 Å². The predicted octanol–water partition coefficient (Wildman–Crippen LogP) is 1.44. The number of pyridine rings is 1. The predicted molar refractivity (Wildman–Crippen MR) is 66.7 cm³/mol. The molecule has 0 aromatic carbocycles. The number of aliphatic hydroxyl groups is 1. The molecule has 0 unspecified atom stereocenters. The van der Waals surface area contributed by atoms with E-state index in [1.54, 1.807) is 24.2 Å². The Balaban J connectivity index is 2.36. The standard InChI is InChI=1S/C11H14N4OS/c1-17-11-14-13-10(15(11)6-3-7-16)9-4-2-5-12-8-9/h2,4-5,8,16H,3,6-7H2,1H3. The van der Waals surface area contributed by atoms with Crippen molar-refractivity contribution in [3.63, 3.8) is 0 Å². The third-order valence-electron chi connectivity index (χ3n) is 2.36. The Morgan fingerprint density at radius 1 is 1.41 bits per heavy atom. The van der Waals surface area contributed by atoms with E-state index in [1.165, 1.54) is 0 Å². The number of hydrogen-bond acceptors (Lipinski definition) is 5. The molecule has 5 nitrogen and oxygen atoms in total. The molecule has 0 radical (unpaired) electrons. The number of nitrogens with zero attached hydrogens (tertiary/aromatic N) is 4.